The Labute approximate surface area is 109 Å². The Bertz CT molecular complexity index is 339. The zero-order valence-electron chi connectivity index (χ0n) is 11.1. The molecule has 0 aliphatic carbocycles. The van der Waals surface area contributed by atoms with Gasteiger partial charge in [0, 0.05) is 11.8 Å². The first kappa shape index (κ1) is 14.6. The largest absolute Gasteiger partial charge is 0.271 e. The molecule has 0 saturated heterocycles. The van der Waals surface area contributed by atoms with Crippen molar-refractivity contribution < 1.29 is 0 Å². The first-order valence-corrected chi connectivity index (χ1v) is 7.42. The van der Waals surface area contributed by atoms with Crippen LogP contribution in [0.3, 0.4) is 0 Å². The van der Waals surface area contributed by atoms with E-state index in [2.05, 4.69) is 44.4 Å². The van der Waals surface area contributed by atoms with Crippen molar-refractivity contribution in [3.63, 3.8) is 0 Å². The molecule has 0 saturated carbocycles. The van der Waals surface area contributed by atoms with Crippen molar-refractivity contribution in [1.29, 1.82) is 0 Å². The third-order valence-corrected chi connectivity index (χ3v) is 4.21. The van der Waals surface area contributed by atoms with Gasteiger partial charge in [-0.15, -0.1) is 0 Å². The van der Waals surface area contributed by atoms with Gasteiger partial charge in [-0.1, -0.05) is 30.7 Å². The molecule has 0 aliphatic heterocycles. The Hall–Kier alpha value is -0.510. The van der Waals surface area contributed by atoms with Crippen LogP contribution in [0.4, 0.5) is 0 Å². The second-order valence-electron chi connectivity index (χ2n) is 4.57. The highest BCUT2D eigenvalue weighted by atomic mass is 32.2. The standard InChI is InChI=1S/C14H24N2S/c1-4-7-17-10-14(16-15)9-13-8-11(2)5-6-12(13)3/h5-6,8,14,16H,4,7,9-10,15H2,1-3H3. The second kappa shape index (κ2) is 7.75. The van der Waals surface area contributed by atoms with Gasteiger partial charge >= 0.3 is 0 Å². The molecule has 1 unspecified atom stereocenters. The van der Waals surface area contributed by atoms with Gasteiger partial charge in [0.15, 0.2) is 0 Å². The third-order valence-electron chi connectivity index (χ3n) is 2.87. The van der Waals surface area contributed by atoms with Crippen LogP contribution in [-0.2, 0) is 6.42 Å². The molecule has 96 valence electrons. The fourth-order valence-corrected chi connectivity index (χ4v) is 2.78. The number of hydrazine groups is 1. The number of rotatable bonds is 7. The quantitative estimate of drug-likeness (QED) is 0.445. The monoisotopic (exact) mass is 252 g/mol. The Morgan fingerprint density at radius 2 is 2.12 bits per heavy atom. The summed E-state index contributed by atoms with van der Waals surface area (Å²) in [5.74, 6) is 7.92. The molecule has 0 heterocycles. The van der Waals surface area contributed by atoms with E-state index >= 15 is 0 Å². The normalized spacial score (nSPS) is 12.7. The number of hydrogen-bond acceptors (Lipinski definition) is 3. The molecule has 0 amide bonds. The van der Waals surface area contributed by atoms with Gasteiger partial charge in [-0.05, 0) is 43.6 Å². The van der Waals surface area contributed by atoms with E-state index in [1.54, 1.807) is 0 Å². The molecule has 0 radical (unpaired) electrons. The number of nitrogens with one attached hydrogen (secondary N) is 1. The molecule has 2 nitrogen and oxygen atoms in total. The van der Waals surface area contributed by atoms with E-state index in [9.17, 15) is 0 Å². The first-order chi connectivity index (χ1) is 8.17. The molecule has 1 atom stereocenters. The lowest BCUT2D eigenvalue weighted by molar-refractivity contribution is 0.574. The smallest absolute Gasteiger partial charge is 0.0341 e. The molecule has 1 aromatic rings. The van der Waals surface area contributed by atoms with Gasteiger partial charge in [0.1, 0.15) is 0 Å². The minimum Gasteiger partial charge on any atom is -0.271 e. The highest BCUT2D eigenvalue weighted by Crippen LogP contribution is 2.15. The van der Waals surface area contributed by atoms with Gasteiger partial charge < -0.3 is 0 Å². The van der Waals surface area contributed by atoms with E-state index in [0.29, 0.717) is 6.04 Å². The Morgan fingerprint density at radius 3 is 2.76 bits per heavy atom. The average molecular weight is 252 g/mol. The summed E-state index contributed by atoms with van der Waals surface area (Å²) in [7, 11) is 0. The number of aryl methyl sites for hydroxylation is 2. The lowest BCUT2D eigenvalue weighted by atomic mass is 10.00. The van der Waals surface area contributed by atoms with Crippen LogP contribution in [0.25, 0.3) is 0 Å². The lowest BCUT2D eigenvalue weighted by Gasteiger charge is -2.17. The van der Waals surface area contributed by atoms with Crippen LogP contribution in [0.15, 0.2) is 18.2 Å². The van der Waals surface area contributed by atoms with E-state index in [4.69, 9.17) is 5.84 Å². The van der Waals surface area contributed by atoms with E-state index in [0.717, 1.165) is 12.2 Å². The van der Waals surface area contributed by atoms with Crippen LogP contribution >= 0.6 is 11.8 Å². The maximum Gasteiger partial charge on any atom is 0.0341 e. The number of benzene rings is 1. The third kappa shape index (κ3) is 5.11. The van der Waals surface area contributed by atoms with Crippen molar-refractivity contribution in [2.45, 2.75) is 39.7 Å². The van der Waals surface area contributed by atoms with Crippen LogP contribution in [0.1, 0.15) is 30.0 Å². The molecule has 1 rings (SSSR count). The molecule has 3 N–H and O–H groups in total. The van der Waals surface area contributed by atoms with Crippen LogP contribution < -0.4 is 11.3 Å². The molecule has 0 spiro atoms. The maximum atomic E-state index is 5.63. The van der Waals surface area contributed by atoms with E-state index in [-0.39, 0.29) is 0 Å². The summed E-state index contributed by atoms with van der Waals surface area (Å²) in [6, 6.07) is 6.99. The fourth-order valence-electron chi connectivity index (χ4n) is 1.82. The van der Waals surface area contributed by atoms with Crippen molar-refractivity contribution in [2.75, 3.05) is 11.5 Å². The van der Waals surface area contributed by atoms with Gasteiger partial charge in [0.25, 0.3) is 0 Å². The Kier molecular flexibility index (Phi) is 6.63. The maximum absolute atomic E-state index is 5.63. The molecule has 0 aromatic heterocycles. The van der Waals surface area contributed by atoms with Crippen LogP contribution in [0, 0.1) is 13.8 Å². The van der Waals surface area contributed by atoms with Crippen LogP contribution in [-0.4, -0.2) is 17.5 Å². The minimum atomic E-state index is 0.368. The molecule has 0 bridgehead atoms. The van der Waals surface area contributed by atoms with Gasteiger partial charge in [-0.25, -0.2) is 0 Å². The topological polar surface area (TPSA) is 38.0 Å². The van der Waals surface area contributed by atoms with E-state index < -0.39 is 0 Å². The van der Waals surface area contributed by atoms with Crippen molar-refractivity contribution in [3.05, 3.63) is 34.9 Å². The molecule has 0 fully saturated rings. The van der Waals surface area contributed by atoms with E-state index in [1.807, 2.05) is 11.8 Å². The Balaban J connectivity index is 2.57. The van der Waals surface area contributed by atoms with E-state index in [1.165, 1.54) is 28.9 Å². The summed E-state index contributed by atoms with van der Waals surface area (Å²) < 4.78 is 0. The second-order valence-corrected chi connectivity index (χ2v) is 5.72. The lowest BCUT2D eigenvalue weighted by Crippen LogP contribution is -2.39. The Morgan fingerprint density at radius 1 is 1.35 bits per heavy atom. The van der Waals surface area contributed by atoms with Crippen molar-refractivity contribution in [3.8, 4) is 0 Å². The van der Waals surface area contributed by atoms with Gasteiger partial charge in [-0.3, -0.25) is 11.3 Å². The number of thioether (sulfide) groups is 1. The van der Waals surface area contributed by atoms with Gasteiger partial charge in [0.05, 0.1) is 0 Å². The van der Waals surface area contributed by atoms with Crippen LogP contribution in [0.5, 0.6) is 0 Å². The molecule has 0 aliphatic rings. The van der Waals surface area contributed by atoms with Crippen molar-refractivity contribution >= 4 is 11.8 Å². The molecule has 3 heteroatoms. The minimum absolute atomic E-state index is 0.368. The predicted octanol–water partition coefficient (Wildman–Crippen LogP) is 2.82. The highest BCUT2D eigenvalue weighted by Gasteiger charge is 2.09. The predicted molar refractivity (Wildman–Crippen MR) is 78.3 cm³/mol. The summed E-state index contributed by atoms with van der Waals surface area (Å²) in [4.78, 5) is 0. The summed E-state index contributed by atoms with van der Waals surface area (Å²) >= 11 is 1.97. The number of nitrogens with two attached hydrogens (primary N) is 1. The summed E-state index contributed by atoms with van der Waals surface area (Å²) in [6.45, 7) is 6.52. The zero-order chi connectivity index (χ0) is 12.7. The van der Waals surface area contributed by atoms with Crippen LogP contribution in [0.2, 0.25) is 0 Å². The molecular formula is C14H24N2S. The molecule has 17 heavy (non-hydrogen) atoms. The summed E-state index contributed by atoms with van der Waals surface area (Å²) in [5, 5.41) is 0. The fraction of sp³-hybridized carbons (Fsp3) is 0.571. The van der Waals surface area contributed by atoms with Crippen molar-refractivity contribution in [1.82, 2.24) is 5.43 Å². The SMILES string of the molecule is CCCSCC(Cc1cc(C)ccc1C)NN. The molecule has 1 aromatic carbocycles. The van der Waals surface area contributed by atoms with Crippen molar-refractivity contribution in [2.24, 2.45) is 5.84 Å². The molecular weight excluding hydrogens is 228 g/mol. The average Bonchev–Trinajstić information content (AvgIpc) is 2.32. The highest BCUT2D eigenvalue weighted by molar-refractivity contribution is 7.99. The summed E-state index contributed by atoms with van der Waals surface area (Å²) in [6.07, 6.45) is 2.24. The number of hydrogen-bond donors (Lipinski definition) is 2. The van der Waals surface area contributed by atoms with Gasteiger partial charge in [-0.2, -0.15) is 11.8 Å². The van der Waals surface area contributed by atoms with Gasteiger partial charge in [0.2, 0.25) is 0 Å². The zero-order valence-corrected chi connectivity index (χ0v) is 11.9. The summed E-state index contributed by atoms with van der Waals surface area (Å²) in [5.41, 5.74) is 7.02. The first-order valence-electron chi connectivity index (χ1n) is 6.27.